The Kier molecular flexibility index (Phi) is 4.78. The van der Waals surface area contributed by atoms with Gasteiger partial charge in [-0.15, -0.1) is 0 Å². The molecule has 1 unspecified atom stereocenters. The fourth-order valence-corrected chi connectivity index (χ4v) is 3.41. The SMILES string of the molecule is CC1Cc2ccccc2N1C(=O)CC(=O)Nc1ccc(Cl)cc1Cl. The first-order chi connectivity index (χ1) is 11.5. The molecule has 1 heterocycles. The van der Waals surface area contributed by atoms with Gasteiger partial charge in [0.2, 0.25) is 11.8 Å². The number of nitrogens with zero attached hydrogens (tertiary/aromatic N) is 1. The molecule has 0 aliphatic carbocycles. The number of carbonyl (C=O) groups excluding carboxylic acids is 2. The van der Waals surface area contributed by atoms with Gasteiger partial charge in [-0.2, -0.15) is 0 Å². The Bertz CT molecular complexity index is 807. The number of anilines is 2. The molecule has 1 N–H and O–H groups in total. The maximum atomic E-state index is 12.6. The van der Waals surface area contributed by atoms with Gasteiger partial charge in [0.1, 0.15) is 6.42 Å². The minimum atomic E-state index is -0.402. The molecule has 1 aliphatic heterocycles. The van der Waals surface area contributed by atoms with E-state index in [1.54, 1.807) is 23.1 Å². The van der Waals surface area contributed by atoms with Crippen molar-refractivity contribution in [3.8, 4) is 0 Å². The van der Waals surface area contributed by atoms with Crippen LogP contribution in [0.1, 0.15) is 18.9 Å². The largest absolute Gasteiger partial charge is 0.324 e. The molecule has 0 bridgehead atoms. The summed E-state index contributed by atoms with van der Waals surface area (Å²) in [5.74, 6) is -0.629. The third kappa shape index (κ3) is 3.40. The van der Waals surface area contributed by atoms with Crippen LogP contribution in [0.4, 0.5) is 11.4 Å². The van der Waals surface area contributed by atoms with Crippen LogP contribution in [0.25, 0.3) is 0 Å². The zero-order chi connectivity index (χ0) is 17.3. The molecular weight excluding hydrogens is 347 g/mol. The molecule has 0 radical (unpaired) electrons. The molecule has 0 saturated heterocycles. The normalized spacial score (nSPS) is 16.0. The summed E-state index contributed by atoms with van der Waals surface area (Å²) in [6.45, 7) is 1.98. The van der Waals surface area contributed by atoms with Crippen LogP contribution >= 0.6 is 23.2 Å². The summed E-state index contributed by atoms with van der Waals surface area (Å²) in [6.07, 6.45) is 0.560. The number of nitrogens with one attached hydrogen (secondary N) is 1. The lowest BCUT2D eigenvalue weighted by molar-refractivity contribution is -0.125. The lowest BCUT2D eigenvalue weighted by Crippen LogP contribution is -2.37. The third-order valence-electron chi connectivity index (χ3n) is 3.99. The van der Waals surface area contributed by atoms with Crippen molar-refractivity contribution in [2.75, 3.05) is 10.2 Å². The van der Waals surface area contributed by atoms with Crippen LogP contribution < -0.4 is 10.2 Å². The molecule has 2 aromatic carbocycles. The molecule has 24 heavy (non-hydrogen) atoms. The monoisotopic (exact) mass is 362 g/mol. The first-order valence-electron chi connectivity index (χ1n) is 7.60. The van der Waals surface area contributed by atoms with Crippen LogP contribution in [0.5, 0.6) is 0 Å². The smallest absolute Gasteiger partial charge is 0.236 e. The van der Waals surface area contributed by atoms with Gasteiger partial charge in [-0.25, -0.2) is 0 Å². The van der Waals surface area contributed by atoms with Crippen LogP contribution in [0.2, 0.25) is 10.0 Å². The Morgan fingerprint density at radius 2 is 1.96 bits per heavy atom. The minimum absolute atomic E-state index is 0.0434. The second-order valence-electron chi connectivity index (χ2n) is 5.79. The molecule has 3 rings (SSSR count). The lowest BCUT2D eigenvalue weighted by atomic mass is 10.1. The molecule has 2 aromatic rings. The summed E-state index contributed by atoms with van der Waals surface area (Å²) in [4.78, 5) is 26.4. The van der Waals surface area contributed by atoms with Gasteiger partial charge < -0.3 is 10.2 Å². The number of rotatable bonds is 3. The number of carbonyl (C=O) groups is 2. The summed E-state index contributed by atoms with van der Waals surface area (Å²) in [6, 6.07) is 12.6. The fourth-order valence-electron chi connectivity index (χ4n) is 2.95. The van der Waals surface area contributed by atoms with Gasteiger partial charge in [0, 0.05) is 16.8 Å². The van der Waals surface area contributed by atoms with E-state index in [0.29, 0.717) is 15.7 Å². The van der Waals surface area contributed by atoms with Gasteiger partial charge in [0.15, 0.2) is 0 Å². The van der Waals surface area contributed by atoms with E-state index in [2.05, 4.69) is 5.32 Å². The van der Waals surface area contributed by atoms with E-state index >= 15 is 0 Å². The third-order valence-corrected chi connectivity index (χ3v) is 4.54. The van der Waals surface area contributed by atoms with Crippen molar-refractivity contribution in [3.63, 3.8) is 0 Å². The highest BCUT2D eigenvalue weighted by molar-refractivity contribution is 6.36. The standard InChI is InChI=1S/C18H16Cl2N2O2/c1-11-8-12-4-2-3-5-16(12)22(11)18(24)10-17(23)21-15-7-6-13(19)9-14(15)20/h2-7,9,11H,8,10H2,1H3,(H,21,23). The van der Waals surface area contributed by atoms with E-state index in [1.807, 2.05) is 31.2 Å². The second-order valence-corrected chi connectivity index (χ2v) is 6.64. The van der Waals surface area contributed by atoms with Gasteiger partial charge in [-0.1, -0.05) is 41.4 Å². The molecule has 0 spiro atoms. The van der Waals surface area contributed by atoms with Crippen molar-refractivity contribution in [1.29, 1.82) is 0 Å². The zero-order valence-electron chi connectivity index (χ0n) is 13.1. The van der Waals surface area contributed by atoms with E-state index in [-0.39, 0.29) is 18.4 Å². The Balaban J connectivity index is 1.70. The van der Waals surface area contributed by atoms with Crippen molar-refractivity contribution in [2.24, 2.45) is 0 Å². The maximum Gasteiger partial charge on any atom is 0.236 e. The van der Waals surface area contributed by atoms with Gasteiger partial charge in [-0.05, 0) is 43.2 Å². The topological polar surface area (TPSA) is 49.4 Å². The second kappa shape index (κ2) is 6.83. The van der Waals surface area contributed by atoms with Crippen LogP contribution in [0, 0.1) is 0 Å². The zero-order valence-corrected chi connectivity index (χ0v) is 14.6. The summed E-state index contributed by atoms with van der Waals surface area (Å²) in [5, 5.41) is 3.47. The van der Waals surface area contributed by atoms with Crippen LogP contribution in [0.3, 0.4) is 0 Å². The lowest BCUT2D eigenvalue weighted by Gasteiger charge is -2.22. The molecule has 1 atom stereocenters. The Morgan fingerprint density at radius 3 is 2.71 bits per heavy atom. The Morgan fingerprint density at radius 1 is 1.21 bits per heavy atom. The minimum Gasteiger partial charge on any atom is -0.324 e. The van der Waals surface area contributed by atoms with Crippen LogP contribution in [-0.2, 0) is 16.0 Å². The van der Waals surface area contributed by atoms with Gasteiger partial charge in [-0.3, -0.25) is 9.59 Å². The molecule has 124 valence electrons. The van der Waals surface area contributed by atoms with Gasteiger partial charge >= 0.3 is 0 Å². The summed E-state index contributed by atoms with van der Waals surface area (Å²) in [7, 11) is 0. The summed E-state index contributed by atoms with van der Waals surface area (Å²) < 4.78 is 0. The predicted octanol–water partition coefficient (Wildman–Crippen LogP) is 4.30. The molecule has 4 nitrogen and oxygen atoms in total. The molecule has 6 heteroatoms. The van der Waals surface area contributed by atoms with E-state index in [1.165, 1.54) is 0 Å². The van der Waals surface area contributed by atoms with E-state index in [9.17, 15) is 9.59 Å². The first kappa shape index (κ1) is 16.8. The average Bonchev–Trinajstić information content (AvgIpc) is 2.85. The molecule has 2 amide bonds. The molecular formula is C18H16Cl2N2O2. The number of para-hydroxylation sites is 1. The summed E-state index contributed by atoms with van der Waals surface area (Å²) >= 11 is 11.9. The number of fused-ring (bicyclic) bond motifs is 1. The Labute approximate surface area is 150 Å². The summed E-state index contributed by atoms with van der Waals surface area (Å²) in [5.41, 5.74) is 2.44. The molecule has 0 saturated carbocycles. The molecule has 0 aromatic heterocycles. The van der Waals surface area contributed by atoms with Crippen molar-refractivity contribution >= 4 is 46.4 Å². The van der Waals surface area contributed by atoms with Crippen LogP contribution in [0.15, 0.2) is 42.5 Å². The highest BCUT2D eigenvalue weighted by Crippen LogP contribution is 2.32. The van der Waals surface area contributed by atoms with Gasteiger partial charge in [0.05, 0.1) is 10.7 Å². The van der Waals surface area contributed by atoms with E-state index in [4.69, 9.17) is 23.2 Å². The number of hydrogen-bond acceptors (Lipinski definition) is 2. The maximum absolute atomic E-state index is 12.6. The molecule has 0 fully saturated rings. The Hall–Kier alpha value is -2.04. The highest BCUT2D eigenvalue weighted by atomic mass is 35.5. The van der Waals surface area contributed by atoms with Gasteiger partial charge in [0.25, 0.3) is 0 Å². The fraction of sp³-hybridized carbons (Fsp3) is 0.222. The number of amides is 2. The van der Waals surface area contributed by atoms with E-state index in [0.717, 1.165) is 17.7 Å². The number of halogens is 2. The van der Waals surface area contributed by atoms with Crippen molar-refractivity contribution < 1.29 is 9.59 Å². The van der Waals surface area contributed by atoms with Crippen molar-refractivity contribution in [3.05, 3.63) is 58.1 Å². The number of hydrogen-bond donors (Lipinski definition) is 1. The highest BCUT2D eigenvalue weighted by Gasteiger charge is 2.31. The quantitative estimate of drug-likeness (QED) is 0.827. The van der Waals surface area contributed by atoms with E-state index < -0.39 is 5.91 Å². The molecule has 1 aliphatic rings. The average molecular weight is 363 g/mol. The van der Waals surface area contributed by atoms with Crippen molar-refractivity contribution in [2.45, 2.75) is 25.8 Å². The number of benzene rings is 2. The van der Waals surface area contributed by atoms with Crippen molar-refractivity contribution in [1.82, 2.24) is 0 Å². The van der Waals surface area contributed by atoms with Crippen LogP contribution in [-0.4, -0.2) is 17.9 Å². The first-order valence-corrected chi connectivity index (χ1v) is 8.36. The predicted molar refractivity (Wildman–Crippen MR) is 96.8 cm³/mol.